The Labute approximate surface area is 163 Å². The van der Waals surface area contributed by atoms with E-state index >= 15 is 0 Å². The number of aliphatic imine (C=N–C) groups is 1. The van der Waals surface area contributed by atoms with Gasteiger partial charge in [-0.25, -0.2) is 0 Å². The molecule has 1 aromatic rings. The Morgan fingerprint density at radius 2 is 2.04 bits per heavy atom. The van der Waals surface area contributed by atoms with Crippen LogP contribution in [0.3, 0.4) is 0 Å². The zero-order valence-electron chi connectivity index (χ0n) is 15.0. The van der Waals surface area contributed by atoms with Crippen LogP contribution in [0.15, 0.2) is 29.3 Å². The van der Waals surface area contributed by atoms with E-state index in [1.165, 1.54) is 11.1 Å². The molecule has 1 aliphatic rings. The quantitative estimate of drug-likeness (QED) is 0.292. The molecule has 0 radical (unpaired) electrons. The van der Waals surface area contributed by atoms with E-state index in [4.69, 9.17) is 4.74 Å². The number of nitrogens with zero attached hydrogens (tertiary/aromatic N) is 2. The number of methoxy groups -OCH3 is 1. The van der Waals surface area contributed by atoms with E-state index in [9.17, 15) is 0 Å². The molecular weight excluding hydrogens is 415 g/mol. The van der Waals surface area contributed by atoms with Crippen LogP contribution in [0.1, 0.15) is 24.5 Å². The first-order valence-electron chi connectivity index (χ1n) is 8.49. The minimum Gasteiger partial charge on any atom is -0.385 e. The summed E-state index contributed by atoms with van der Waals surface area (Å²) in [5, 5.41) is 6.74. The fraction of sp³-hybridized carbons (Fsp3) is 0.611. The Morgan fingerprint density at radius 1 is 1.29 bits per heavy atom. The van der Waals surface area contributed by atoms with Crippen molar-refractivity contribution in [1.29, 1.82) is 0 Å². The second kappa shape index (κ2) is 11.7. The molecule has 0 bridgehead atoms. The molecule has 0 aliphatic carbocycles. The lowest BCUT2D eigenvalue weighted by Crippen LogP contribution is -2.47. The Morgan fingerprint density at radius 3 is 2.75 bits per heavy atom. The summed E-state index contributed by atoms with van der Waals surface area (Å²) in [4.78, 5) is 6.81. The van der Waals surface area contributed by atoms with Crippen LogP contribution in [0.5, 0.6) is 0 Å². The predicted octanol–water partition coefficient (Wildman–Crippen LogP) is 2.25. The van der Waals surface area contributed by atoms with Crippen molar-refractivity contribution in [2.45, 2.75) is 32.4 Å². The Kier molecular flexibility index (Phi) is 10.3. The maximum Gasteiger partial charge on any atom is 0.191 e. The first-order valence-corrected chi connectivity index (χ1v) is 8.49. The van der Waals surface area contributed by atoms with Gasteiger partial charge in [0.2, 0.25) is 0 Å². The van der Waals surface area contributed by atoms with Crippen molar-refractivity contribution in [1.82, 2.24) is 15.5 Å². The molecule has 6 heteroatoms. The molecule has 0 amide bonds. The molecule has 1 heterocycles. The number of hydrogen-bond donors (Lipinski definition) is 2. The molecule has 0 fully saturated rings. The number of benzene rings is 1. The van der Waals surface area contributed by atoms with E-state index in [2.05, 4.69) is 51.7 Å². The van der Waals surface area contributed by atoms with Gasteiger partial charge in [-0.1, -0.05) is 24.3 Å². The summed E-state index contributed by atoms with van der Waals surface area (Å²) in [7, 11) is 3.54. The van der Waals surface area contributed by atoms with Gasteiger partial charge in [0, 0.05) is 53.0 Å². The van der Waals surface area contributed by atoms with Gasteiger partial charge in [-0.15, -0.1) is 24.0 Å². The van der Waals surface area contributed by atoms with E-state index in [-0.39, 0.29) is 24.0 Å². The van der Waals surface area contributed by atoms with Gasteiger partial charge in [0.05, 0.1) is 0 Å². The highest BCUT2D eigenvalue weighted by atomic mass is 127. The highest BCUT2D eigenvalue weighted by molar-refractivity contribution is 14.0. The molecule has 5 nitrogen and oxygen atoms in total. The molecule has 1 aromatic carbocycles. The van der Waals surface area contributed by atoms with Crippen LogP contribution in [0, 0.1) is 0 Å². The first-order chi connectivity index (χ1) is 11.2. The average Bonchev–Trinajstić information content (AvgIpc) is 2.60. The Balaban J connectivity index is 0.00000288. The molecule has 1 atom stereocenters. The van der Waals surface area contributed by atoms with Crippen LogP contribution < -0.4 is 10.6 Å². The van der Waals surface area contributed by atoms with E-state index in [0.29, 0.717) is 6.04 Å². The van der Waals surface area contributed by atoms with Crippen LogP contribution in [0.4, 0.5) is 0 Å². The summed E-state index contributed by atoms with van der Waals surface area (Å²) in [6.07, 6.45) is 2.13. The van der Waals surface area contributed by atoms with Crippen molar-refractivity contribution < 1.29 is 4.74 Å². The van der Waals surface area contributed by atoms with Crippen molar-refractivity contribution >= 4 is 29.9 Å². The number of nitrogens with one attached hydrogen (secondary N) is 2. The molecule has 2 rings (SSSR count). The molecule has 1 aliphatic heterocycles. The standard InChI is InChI=1S/C18H30N4O.HI/c1-15(13-21-18(19-2)20-10-6-12-23-3)22-11-9-16-7-4-5-8-17(16)14-22;/h4-5,7-8,15H,6,9-14H2,1-3H3,(H2,19,20,21);1H. The average molecular weight is 446 g/mol. The highest BCUT2D eigenvalue weighted by Gasteiger charge is 2.20. The molecule has 0 saturated heterocycles. The molecule has 2 N–H and O–H groups in total. The van der Waals surface area contributed by atoms with Crippen molar-refractivity contribution in [2.24, 2.45) is 4.99 Å². The third kappa shape index (κ3) is 6.57. The summed E-state index contributed by atoms with van der Waals surface area (Å²) >= 11 is 0. The van der Waals surface area contributed by atoms with Crippen LogP contribution in [-0.2, 0) is 17.7 Å². The number of ether oxygens (including phenoxy) is 1. The second-order valence-electron chi connectivity index (χ2n) is 6.06. The normalized spacial score (nSPS) is 16.0. The van der Waals surface area contributed by atoms with Gasteiger partial charge in [0.25, 0.3) is 0 Å². The molecular formula is C18H31IN4O. The van der Waals surface area contributed by atoms with Crippen LogP contribution >= 0.6 is 24.0 Å². The lowest BCUT2D eigenvalue weighted by molar-refractivity contribution is 0.190. The summed E-state index contributed by atoms with van der Waals surface area (Å²) in [5.41, 5.74) is 2.97. The fourth-order valence-corrected chi connectivity index (χ4v) is 2.91. The largest absolute Gasteiger partial charge is 0.385 e. The van der Waals surface area contributed by atoms with Crippen molar-refractivity contribution in [3.8, 4) is 0 Å². The van der Waals surface area contributed by atoms with E-state index < -0.39 is 0 Å². The molecule has 0 aromatic heterocycles. The minimum atomic E-state index is 0. The zero-order valence-corrected chi connectivity index (χ0v) is 17.4. The van der Waals surface area contributed by atoms with Crippen LogP contribution in [-0.4, -0.2) is 57.3 Å². The number of hydrogen-bond acceptors (Lipinski definition) is 3. The fourth-order valence-electron chi connectivity index (χ4n) is 2.91. The van der Waals surface area contributed by atoms with E-state index in [0.717, 1.165) is 51.6 Å². The SMILES string of the molecule is CN=C(NCCCOC)NCC(C)N1CCc2ccccc2C1.I. The van der Waals surface area contributed by atoms with Gasteiger partial charge in [0.15, 0.2) is 5.96 Å². The van der Waals surface area contributed by atoms with Gasteiger partial charge < -0.3 is 15.4 Å². The van der Waals surface area contributed by atoms with Crippen LogP contribution in [0.25, 0.3) is 0 Å². The minimum absolute atomic E-state index is 0. The number of guanidine groups is 1. The molecule has 0 spiro atoms. The lowest BCUT2D eigenvalue weighted by atomic mass is 9.99. The maximum atomic E-state index is 5.06. The molecule has 0 saturated carbocycles. The highest BCUT2D eigenvalue weighted by Crippen LogP contribution is 2.19. The van der Waals surface area contributed by atoms with Crippen molar-refractivity contribution in [3.63, 3.8) is 0 Å². The van der Waals surface area contributed by atoms with Gasteiger partial charge >= 0.3 is 0 Å². The molecule has 136 valence electrons. The second-order valence-corrected chi connectivity index (χ2v) is 6.06. The molecule has 24 heavy (non-hydrogen) atoms. The Hall–Kier alpha value is -0.860. The Bertz CT molecular complexity index is 510. The summed E-state index contributed by atoms with van der Waals surface area (Å²) in [6.45, 7) is 6.98. The van der Waals surface area contributed by atoms with Gasteiger partial charge in [-0.3, -0.25) is 9.89 Å². The number of rotatable bonds is 7. The van der Waals surface area contributed by atoms with Crippen LogP contribution in [0.2, 0.25) is 0 Å². The van der Waals surface area contributed by atoms with Gasteiger partial charge in [-0.2, -0.15) is 0 Å². The predicted molar refractivity (Wildman–Crippen MR) is 111 cm³/mol. The van der Waals surface area contributed by atoms with Gasteiger partial charge in [0.1, 0.15) is 0 Å². The van der Waals surface area contributed by atoms with Crippen molar-refractivity contribution in [3.05, 3.63) is 35.4 Å². The monoisotopic (exact) mass is 446 g/mol. The smallest absolute Gasteiger partial charge is 0.191 e. The van der Waals surface area contributed by atoms with E-state index in [1.54, 1.807) is 7.11 Å². The summed E-state index contributed by atoms with van der Waals surface area (Å²) in [6, 6.07) is 9.25. The van der Waals surface area contributed by atoms with E-state index in [1.807, 2.05) is 7.05 Å². The lowest BCUT2D eigenvalue weighted by Gasteiger charge is -2.34. The summed E-state index contributed by atoms with van der Waals surface area (Å²) in [5.74, 6) is 0.866. The topological polar surface area (TPSA) is 48.9 Å². The third-order valence-electron chi connectivity index (χ3n) is 4.39. The zero-order chi connectivity index (χ0) is 16.5. The summed E-state index contributed by atoms with van der Waals surface area (Å²) < 4.78 is 5.06. The third-order valence-corrected chi connectivity index (χ3v) is 4.39. The number of halogens is 1. The molecule has 1 unspecified atom stereocenters. The first kappa shape index (κ1) is 21.2. The van der Waals surface area contributed by atoms with Crippen molar-refractivity contribution in [2.75, 3.05) is 40.4 Å². The van der Waals surface area contributed by atoms with Gasteiger partial charge in [-0.05, 0) is 30.9 Å². The maximum absolute atomic E-state index is 5.06. The number of fused-ring (bicyclic) bond motifs is 1.